The summed E-state index contributed by atoms with van der Waals surface area (Å²) in [6.45, 7) is 1.87. The number of methoxy groups -OCH3 is 2. The number of amides is 1. The highest BCUT2D eigenvalue weighted by molar-refractivity contribution is 5.94. The van der Waals surface area contributed by atoms with Gasteiger partial charge in [0.25, 0.3) is 5.91 Å². The highest BCUT2D eigenvalue weighted by Gasteiger charge is 2.14. The maximum Gasteiger partial charge on any atom is 0.253 e. The molecule has 1 aromatic carbocycles. The van der Waals surface area contributed by atoms with E-state index in [1.807, 2.05) is 25.1 Å². The number of carbonyl (C=O) groups excluding carboxylic acids is 1. The molecule has 6 heteroatoms. The van der Waals surface area contributed by atoms with Crippen molar-refractivity contribution in [3.05, 3.63) is 53.3 Å². The second kappa shape index (κ2) is 7.27. The highest BCUT2D eigenvalue weighted by atomic mass is 16.5. The van der Waals surface area contributed by atoms with Gasteiger partial charge in [-0.3, -0.25) is 4.79 Å². The summed E-state index contributed by atoms with van der Waals surface area (Å²) < 4.78 is 10.5. The quantitative estimate of drug-likeness (QED) is 0.917. The molecule has 1 atom stereocenters. The van der Waals surface area contributed by atoms with Gasteiger partial charge in [0.05, 0.1) is 25.8 Å². The number of nitrogens with one attached hydrogen (secondary N) is 1. The lowest BCUT2D eigenvalue weighted by Crippen LogP contribution is -2.26. The maximum absolute atomic E-state index is 12.2. The van der Waals surface area contributed by atoms with Crippen molar-refractivity contribution in [3.8, 4) is 17.6 Å². The van der Waals surface area contributed by atoms with Gasteiger partial charge in [-0.25, -0.2) is 4.98 Å². The van der Waals surface area contributed by atoms with Gasteiger partial charge in [0.1, 0.15) is 11.8 Å². The van der Waals surface area contributed by atoms with Crippen LogP contribution >= 0.6 is 0 Å². The van der Waals surface area contributed by atoms with Gasteiger partial charge in [-0.05, 0) is 36.8 Å². The van der Waals surface area contributed by atoms with E-state index in [4.69, 9.17) is 14.7 Å². The third kappa shape index (κ3) is 3.77. The van der Waals surface area contributed by atoms with E-state index < -0.39 is 0 Å². The number of benzene rings is 1. The molecule has 2 rings (SSSR count). The Kier molecular flexibility index (Phi) is 5.15. The van der Waals surface area contributed by atoms with E-state index in [0.717, 1.165) is 5.56 Å². The number of carbonyl (C=O) groups is 1. The summed E-state index contributed by atoms with van der Waals surface area (Å²) in [7, 11) is 3.13. The van der Waals surface area contributed by atoms with Crippen molar-refractivity contribution in [2.75, 3.05) is 14.2 Å². The number of aromatic nitrogens is 1. The summed E-state index contributed by atoms with van der Waals surface area (Å²) in [6, 6.07) is 10.2. The van der Waals surface area contributed by atoms with E-state index in [2.05, 4.69) is 10.3 Å². The van der Waals surface area contributed by atoms with Crippen LogP contribution in [-0.2, 0) is 0 Å². The SMILES string of the molecule is COc1ccc(C(C)NC(=O)c2ccc(C#N)nc2)cc1OC. The van der Waals surface area contributed by atoms with Crippen molar-refractivity contribution in [2.24, 2.45) is 0 Å². The fourth-order valence-corrected chi connectivity index (χ4v) is 2.08. The Morgan fingerprint density at radius 3 is 2.52 bits per heavy atom. The molecule has 0 saturated carbocycles. The summed E-state index contributed by atoms with van der Waals surface area (Å²) >= 11 is 0. The molecule has 1 N–H and O–H groups in total. The Hall–Kier alpha value is -3.07. The molecule has 1 amide bonds. The fourth-order valence-electron chi connectivity index (χ4n) is 2.08. The first-order chi connectivity index (χ1) is 11.1. The van der Waals surface area contributed by atoms with Gasteiger partial charge in [0.15, 0.2) is 11.5 Å². The second-order valence-electron chi connectivity index (χ2n) is 4.85. The van der Waals surface area contributed by atoms with E-state index in [-0.39, 0.29) is 17.6 Å². The van der Waals surface area contributed by atoms with Crippen LogP contribution in [0.15, 0.2) is 36.5 Å². The molecule has 118 valence electrons. The molecule has 23 heavy (non-hydrogen) atoms. The Balaban J connectivity index is 2.13. The van der Waals surface area contributed by atoms with E-state index in [0.29, 0.717) is 17.1 Å². The third-order valence-corrected chi connectivity index (χ3v) is 3.40. The molecular weight excluding hydrogens is 294 g/mol. The normalized spacial score (nSPS) is 11.2. The van der Waals surface area contributed by atoms with E-state index in [1.165, 1.54) is 12.3 Å². The average molecular weight is 311 g/mol. The van der Waals surface area contributed by atoms with E-state index >= 15 is 0 Å². The van der Waals surface area contributed by atoms with Crippen LogP contribution in [-0.4, -0.2) is 25.1 Å². The van der Waals surface area contributed by atoms with Gasteiger partial charge in [-0.1, -0.05) is 6.07 Å². The summed E-state index contributed by atoms with van der Waals surface area (Å²) in [5.41, 5.74) is 1.56. The van der Waals surface area contributed by atoms with Crippen molar-refractivity contribution < 1.29 is 14.3 Å². The van der Waals surface area contributed by atoms with E-state index in [9.17, 15) is 4.79 Å². The Labute approximate surface area is 134 Å². The topological polar surface area (TPSA) is 84.2 Å². The molecule has 0 aliphatic rings. The molecule has 0 saturated heterocycles. The van der Waals surface area contributed by atoms with Crippen LogP contribution in [0.25, 0.3) is 0 Å². The molecule has 0 aliphatic heterocycles. The smallest absolute Gasteiger partial charge is 0.253 e. The van der Waals surface area contributed by atoms with Gasteiger partial charge in [-0.15, -0.1) is 0 Å². The van der Waals surface area contributed by atoms with Gasteiger partial charge < -0.3 is 14.8 Å². The summed E-state index contributed by atoms with van der Waals surface area (Å²) in [4.78, 5) is 16.1. The van der Waals surface area contributed by atoms with Gasteiger partial charge in [0.2, 0.25) is 0 Å². The van der Waals surface area contributed by atoms with Crippen molar-refractivity contribution in [1.82, 2.24) is 10.3 Å². The van der Waals surface area contributed by atoms with Crippen LogP contribution < -0.4 is 14.8 Å². The Morgan fingerprint density at radius 2 is 1.96 bits per heavy atom. The lowest BCUT2D eigenvalue weighted by atomic mass is 10.1. The van der Waals surface area contributed by atoms with Crippen LogP contribution in [0.1, 0.15) is 34.6 Å². The number of rotatable bonds is 5. The zero-order chi connectivity index (χ0) is 16.8. The number of nitrogens with zero attached hydrogens (tertiary/aromatic N) is 2. The number of hydrogen-bond donors (Lipinski definition) is 1. The van der Waals surface area contributed by atoms with Crippen LogP contribution in [0.2, 0.25) is 0 Å². The van der Waals surface area contributed by atoms with Crippen LogP contribution in [0, 0.1) is 11.3 Å². The minimum Gasteiger partial charge on any atom is -0.493 e. The standard InChI is InChI=1S/C17H17N3O3/c1-11(12-5-7-15(22-2)16(8-12)23-3)20-17(21)13-4-6-14(9-18)19-10-13/h4-8,10-11H,1-3H3,(H,20,21). The number of hydrogen-bond acceptors (Lipinski definition) is 5. The average Bonchev–Trinajstić information content (AvgIpc) is 2.60. The van der Waals surface area contributed by atoms with Crippen LogP contribution in [0.3, 0.4) is 0 Å². The molecule has 2 aromatic rings. The van der Waals surface area contributed by atoms with Gasteiger partial charge in [-0.2, -0.15) is 5.26 Å². The van der Waals surface area contributed by atoms with Crippen LogP contribution in [0.4, 0.5) is 0 Å². The second-order valence-corrected chi connectivity index (χ2v) is 4.85. The third-order valence-electron chi connectivity index (χ3n) is 3.40. The first-order valence-corrected chi connectivity index (χ1v) is 6.98. The maximum atomic E-state index is 12.2. The molecule has 6 nitrogen and oxygen atoms in total. The summed E-state index contributed by atoms with van der Waals surface area (Å²) in [6.07, 6.45) is 1.38. The lowest BCUT2D eigenvalue weighted by Gasteiger charge is -2.16. The van der Waals surface area contributed by atoms with Gasteiger partial charge >= 0.3 is 0 Å². The fraction of sp³-hybridized carbons (Fsp3) is 0.235. The molecule has 0 bridgehead atoms. The predicted molar refractivity (Wildman–Crippen MR) is 84.4 cm³/mol. The van der Waals surface area contributed by atoms with Crippen molar-refractivity contribution in [2.45, 2.75) is 13.0 Å². The monoisotopic (exact) mass is 311 g/mol. The zero-order valence-corrected chi connectivity index (χ0v) is 13.2. The molecular formula is C17H17N3O3. The molecule has 0 spiro atoms. The van der Waals surface area contributed by atoms with Crippen molar-refractivity contribution in [1.29, 1.82) is 5.26 Å². The summed E-state index contributed by atoms with van der Waals surface area (Å²) in [5.74, 6) is 0.974. The molecule has 1 unspecified atom stereocenters. The molecule has 1 heterocycles. The number of nitriles is 1. The molecule has 1 aromatic heterocycles. The zero-order valence-electron chi connectivity index (χ0n) is 13.2. The summed E-state index contributed by atoms with van der Waals surface area (Å²) in [5, 5.41) is 11.6. The highest BCUT2D eigenvalue weighted by Crippen LogP contribution is 2.29. The number of pyridine rings is 1. The largest absolute Gasteiger partial charge is 0.493 e. The molecule has 0 fully saturated rings. The molecule has 0 radical (unpaired) electrons. The first-order valence-electron chi connectivity index (χ1n) is 6.98. The van der Waals surface area contributed by atoms with Gasteiger partial charge in [0, 0.05) is 6.20 Å². The minimum atomic E-state index is -0.260. The Bertz CT molecular complexity index is 736. The Morgan fingerprint density at radius 1 is 1.22 bits per heavy atom. The molecule has 0 aliphatic carbocycles. The number of ether oxygens (including phenoxy) is 2. The van der Waals surface area contributed by atoms with Crippen molar-refractivity contribution in [3.63, 3.8) is 0 Å². The first kappa shape index (κ1) is 16.3. The lowest BCUT2D eigenvalue weighted by molar-refractivity contribution is 0.0939. The minimum absolute atomic E-state index is 0.224. The predicted octanol–water partition coefficient (Wildman–Crippen LogP) is 2.46. The van der Waals surface area contributed by atoms with E-state index in [1.54, 1.807) is 26.4 Å². The van der Waals surface area contributed by atoms with Crippen molar-refractivity contribution >= 4 is 5.91 Å². The van der Waals surface area contributed by atoms with Crippen LogP contribution in [0.5, 0.6) is 11.5 Å².